The number of rotatable bonds is 1. The second kappa shape index (κ2) is 3.92. The Kier molecular flexibility index (Phi) is 2.71. The smallest absolute Gasteiger partial charge is 0.412 e. The first-order valence-corrected chi connectivity index (χ1v) is 5.35. The summed E-state index contributed by atoms with van der Waals surface area (Å²) in [6, 6.07) is 5.10. The molecule has 0 unspecified atom stereocenters. The Morgan fingerprint density at radius 1 is 1.53 bits per heavy atom. The third-order valence-corrected chi connectivity index (χ3v) is 2.73. The summed E-state index contributed by atoms with van der Waals surface area (Å²) in [4.78, 5) is 11.2. The molecule has 5 heteroatoms. The Bertz CT molecular complexity index is 456. The molecule has 0 radical (unpaired) electrons. The average Bonchev–Trinajstić information content (AvgIpc) is 2.52. The molecule has 0 aliphatic carbocycles. The largest absolute Gasteiger partial charge is 0.480 e. The van der Waals surface area contributed by atoms with E-state index in [9.17, 15) is 9.90 Å². The first-order valence-electron chi connectivity index (χ1n) is 5.35. The van der Waals surface area contributed by atoms with Gasteiger partial charge >= 0.3 is 6.09 Å². The SMILES string of the molecule is CNC(=O)Oc1cccc2c1OC(C)(C)[C@@H]2O. The monoisotopic (exact) mass is 237 g/mol. The highest BCUT2D eigenvalue weighted by atomic mass is 16.6. The molecule has 2 N–H and O–H groups in total. The standard InChI is InChI=1S/C12H15NO4/c1-12(2)10(14)7-5-4-6-8(9(7)17-12)16-11(15)13-3/h4-6,10,14H,1-3H3,(H,13,15)/t10-/m1/s1. The summed E-state index contributed by atoms with van der Waals surface area (Å²) in [5.74, 6) is 0.736. The minimum Gasteiger partial charge on any atom is -0.480 e. The number of para-hydroxylation sites is 1. The van der Waals surface area contributed by atoms with Crippen LogP contribution in [-0.4, -0.2) is 23.8 Å². The first-order chi connectivity index (χ1) is 7.95. The second-order valence-electron chi connectivity index (χ2n) is 4.42. The number of hydrogen-bond donors (Lipinski definition) is 2. The fourth-order valence-electron chi connectivity index (χ4n) is 1.78. The Balaban J connectivity index is 2.37. The maximum atomic E-state index is 11.2. The molecule has 0 saturated heterocycles. The Labute approximate surface area is 99.3 Å². The van der Waals surface area contributed by atoms with Gasteiger partial charge in [-0.2, -0.15) is 0 Å². The second-order valence-corrected chi connectivity index (χ2v) is 4.42. The molecule has 1 aliphatic rings. The molecule has 0 fully saturated rings. The molecule has 0 bridgehead atoms. The van der Waals surface area contributed by atoms with Crippen LogP contribution in [0.25, 0.3) is 0 Å². The number of carbonyl (C=O) groups is 1. The molecule has 1 aromatic carbocycles. The predicted molar refractivity (Wildman–Crippen MR) is 61.2 cm³/mol. The van der Waals surface area contributed by atoms with Crippen molar-refractivity contribution in [3.05, 3.63) is 23.8 Å². The van der Waals surface area contributed by atoms with E-state index in [1.165, 1.54) is 7.05 Å². The van der Waals surface area contributed by atoms with E-state index in [0.29, 0.717) is 17.1 Å². The summed E-state index contributed by atoms with van der Waals surface area (Å²) in [6.07, 6.45) is -1.30. The number of carbonyl (C=O) groups excluding carboxylic acids is 1. The molecule has 1 heterocycles. The summed E-state index contributed by atoms with van der Waals surface area (Å²) >= 11 is 0. The van der Waals surface area contributed by atoms with E-state index in [2.05, 4.69) is 5.32 Å². The topological polar surface area (TPSA) is 67.8 Å². The number of nitrogens with one attached hydrogen (secondary N) is 1. The highest BCUT2D eigenvalue weighted by Crippen LogP contribution is 2.47. The molecule has 1 atom stereocenters. The van der Waals surface area contributed by atoms with E-state index in [0.717, 1.165) is 0 Å². The summed E-state index contributed by atoms with van der Waals surface area (Å²) in [5, 5.41) is 12.4. The van der Waals surface area contributed by atoms with Crippen LogP contribution in [0.15, 0.2) is 18.2 Å². The van der Waals surface area contributed by atoms with E-state index >= 15 is 0 Å². The quantitative estimate of drug-likeness (QED) is 0.778. The molecule has 1 aromatic rings. The van der Waals surface area contributed by atoms with Gasteiger partial charge in [0.2, 0.25) is 0 Å². The highest BCUT2D eigenvalue weighted by molar-refractivity contribution is 5.71. The zero-order valence-corrected chi connectivity index (χ0v) is 9.98. The van der Waals surface area contributed by atoms with Crippen LogP contribution in [0.1, 0.15) is 25.5 Å². The Morgan fingerprint density at radius 2 is 2.24 bits per heavy atom. The number of aliphatic hydroxyl groups is 1. The molecule has 1 aliphatic heterocycles. The van der Waals surface area contributed by atoms with E-state index in [4.69, 9.17) is 9.47 Å². The minimum atomic E-state index is -0.731. The molecule has 0 saturated carbocycles. The fourth-order valence-corrected chi connectivity index (χ4v) is 1.78. The fraction of sp³-hybridized carbons (Fsp3) is 0.417. The van der Waals surface area contributed by atoms with Crippen molar-refractivity contribution >= 4 is 6.09 Å². The number of aliphatic hydroxyl groups excluding tert-OH is 1. The molecule has 1 amide bonds. The lowest BCUT2D eigenvalue weighted by atomic mass is 9.98. The van der Waals surface area contributed by atoms with Gasteiger partial charge in [0, 0.05) is 12.6 Å². The van der Waals surface area contributed by atoms with Gasteiger partial charge in [-0.3, -0.25) is 0 Å². The number of hydrogen-bond acceptors (Lipinski definition) is 4. The van der Waals surface area contributed by atoms with Gasteiger partial charge in [-0.1, -0.05) is 12.1 Å². The average molecular weight is 237 g/mol. The maximum absolute atomic E-state index is 11.2. The van der Waals surface area contributed by atoms with Crippen LogP contribution in [-0.2, 0) is 0 Å². The van der Waals surface area contributed by atoms with Crippen molar-refractivity contribution in [2.75, 3.05) is 7.05 Å². The van der Waals surface area contributed by atoms with Crippen LogP contribution < -0.4 is 14.8 Å². The van der Waals surface area contributed by atoms with Gasteiger partial charge in [-0.25, -0.2) is 4.79 Å². The third kappa shape index (κ3) is 1.93. The Hall–Kier alpha value is -1.75. The van der Waals surface area contributed by atoms with Crippen LogP contribution in [0, 0.1) is 0 Å². The molecule has 17 heavy (non-hydrogen) atoms. The van der Waals surface area contributed by atoms with Crippen molar-refractivity contribution in [2.24, 2.45) is 0 Å². The van der Waals surface area contributed by atoms with Gasteiger partial charge in [0.05, 0.1) is 0 Å². The number of benzene rings is 1. The van der Waals surface area contributed by atoms with Crippen LogP contribution in [0.3, 0.4) is 0 Å². The molecule has 2 rings (SSSR count). The van der Waals surface area contributed by atoms with Gasteiger partial charge < -0.3 is 19.9 Å². The third-order valence-electron chi connectivity index (χ3n) is 2.73. The van der Waals surface area contributed by atoms with E-state index in [1.54, 1.807) is 32.0 Å². The highest BCUT2D eigenvalue weighted by Gasteiger charge is 2.41. The van der Waals surface area contributed by atoms with E-state index in [-0.39, 0.29) is 0 Å². The molecular formula is C12H15NO4. The van der Waals surface area contributed by atoms with Crippen molar-refractivity contribution in [1.29, 1.82) is 0 Å². The molecule has 92 valence electrons. The lowest BCUT2D eigenvalue weighted by molar-refractivity contribution is -0.000177. The van der Waals surface area contributed by atoms with Crippen molar-refractivity contribution in [2.45, 2.75) is 25.6 Å². The van der Waals surface area contributed by atoms with E-state index in [1.807, 2.05) is 0 Å². The number of fused-ring (bicyclic) bond motifs is 1. The van der Waals surface area contributed by atoms with Crippen LogP contribution >= 0.6 is 0 Å². The van der Waals surface area contributed by atoms with Gasteiger partial charge in [0.25, 0.3) is 0 Å². The van der Waals surface area contributed by atoms with Crippen molar-refractivity contribution in [3.63, 3.8) is 0 Å². The lowest BCUT2D eigenvalue weighted by Gasteiger charge is -2.21. The van der Waals surface area contributed by atoms with Crippen molar-refractivity contribution in [3.8, 4) is 11.5 Å². The van der Waals surface area contributed by atoms with Gasteiger partial charge in [-0.05, 0) is 19.9 Å². The first kappa shape index (κ1) is 11.7. The molecule has 0 aromatic heterocycles. The van der Waals surface area contributed by atoms with Gasteiger partial charge in [-0.15, -0.1) is 0 Å². The lowest BCUT2D eigenvalue weighted by Crippen LogP contribution is -2.30. The molecule has 0 spiro atoms. The number of amides is 1. The van der Waals surface area contributed by atoms with Crippen LogP contribution in [0.4, 0.5) is 4.79 Å². The van der Waals surface area contributed by atoms with Crippen LogP contribution in [0.5, 0.6) is 11.5 Å². The summed E-state index contributed by atoms with van der Waals surface area (Å²) < 4.78 is 10.7. The zero-order chi connectivity index (χ0) is 12.6. The van der Waals surface area contributed by atoms with E-state index < -0.39 is 17.8 Å². The Morgan fingerprint density at radius 3 is 2.88 bits per heavy atom. The van der Waals surface area contributed by atoms with Gasteiger partial charge in [0.1, 0.15) is 11.7 Å². The van der Waals surface area contributed by atoms with Gasteiger partial charge in [0.15, 0.2) is 11.5 Å². The molecule has 5 nitrogen and oxygen atoms in total. The normalized spacial score (nSPS) is 20.4. The maximum Gasteiger partial charge on any atom is 0.412 e. The zero-order valence-electron chi connectivity index (χ0n) is 9.98. The number of ether oxygens (including phenoxy) is 2. The summed E-state index contributed by atoms with van der Waals surface area (Å²) in [7, 11) is 1.48. The summed E-state index contributed by atoms with van der Waals surface area (Å²) in [6.45, 7) is 3.56. The predicted octanol–water partition coefficient (Wildman–Crippen LogP) is 1.61. The molecular weight excluding hydrogens is 222 g/mol. The summed E-state index contributed by atoms with van der Waals surface area (Å²) in [5.41, 5.74) is -0.0822. The van der Waals surface area contributed by atoms with Crippen LogP contribution in [0.2, 0.25) is 0 Å². The van der Waals surface area contributed by atoms with Crippen molar-refractivity contribution < 1.29 is 19.4 Å². The van der Waals surface area contributed by atoms with Crippen molar-refractivity contribution in [1.82, 2.24) is 5.32 Å². The minimum absolute atomic E-state index is 0.312.